The van der Waals surface area contributed by atoms with Crippen molar-refractivity contribution in [3.05, 3.63) is 78.4 Å². The molecule has 28 heavy (non-hydrogen) atoms. The van der Waals surface area contributed by atoms with E-state index in [0.29, 0.717) is 19.6 Å². The van der Waals surface area contributed by atoms with Crippen molar-refractivity contribution in [1.82, 2.24) is 5.32 Å². The van der Waals surface area contributed by atoms with Crippen molar-refractivity contribution in [2.45, 2.75) is 31.3 Å². The largest absolute Gasteiger partial charge is 0.490 e. The summed E-state index contributed by atoms with van der Waals surface area (Å²) in [5, 5.41) is 3.30. The first-order valence-electron chi connectivity index (χ1n) is 9.69. The maximum absolute atomic E-state index is 12.4. The molecule has 1 amide bonds. The number of hydrogen-bond donors (Lipinski definition) is 1. The first kappa shape index (κ1) is 18.4. The Labute approximate surface area is 166 Å². The van der Waals surface area contributed by atoms with Gasteiger partial charge in [-0.2, -0.15) is 0 Å². The van der Waals surface area contributed by atoms with Gasteiger partial charge in [-0.25, -0.2) is 0 Å². The summed E-state index contributed by atoms with van der Waals surface area (Å²) in [5.41, 5.74) is 2.62. The predicted octanol–water partition coefficient (Wildman–Crippen LogP) is 4.28. The van der Waals surface area contributed by atoms with Crippen molar-refractivity contribution in [2.24, 2.45) is 0 Å². The molecule has 1 N–H and O–H groups in total. The highest BCUT2D eigenvalue weighted by Gasteiger charge is 2.57. The van der Waals surface area contributed by atoms with E-state index in [-0.39, 0.29) is 11.3 Å². The Morgan fingerprint density at radius 1 is 1.21 bits per heavy atom. The van der Waals surface area contributed by atoms with Crippen LogP contribution in [0.5, 0.6) is 5.75 Å². The SMILES string of the molecule is C=CCOc1cccc(C=CC23NC(=O)CCN2c2ccccc2C3(C)C)c1. The number of fused-ring (bicyclic) bond motifs is 3. The van der Waals surface area contributed by atoms with Gasteiger partial charge in [0.1, 0.15) is 18.0 Å². The second-order valence-corrected chi connectivity index (χ2v) is 7.86. The fourth-order valence-corrected chi connectivity index (χ4v) is 4.40. The number of carbonyl (C=O) groups is 1. The molecule has 0 aliphatic carbocycles. The van der Waals surface area contributed by atoms with E-state index in [9.17, 15) is 4.79 Å². The molecular formula is C24H26N2O2. The molecule has 2 aliphatic heterocycles. The molecule has 2 heterocycles. The van der Waals surface area contributed by atoms with E-state index in [1.165, 1.54) is 11.3 Å². The van der Waals surface area contributed by atoms with Gasteiger partial charge in [-0.15, -0.1) is 0 Å². The van der Waals surface area contributed by atoms with Crippen LogP contribution >= 0.6 is 0 Å². The van der Waals surface area contributed by atoms with Crippen molar-refractivity contribution < 1.29 is 9.53 Å². The summed E-state index contributed by atoms with van der Waals surface area (Å²) in [6.07, 6.45) is 6.45. The van der Waals surface area contributed by atoms with Gasteiger partial charge in [0.05, 0.1) is 0 Å². The Hall–Kier alpha value is -3.01. The molecule has 1 unspecified atom stereocenters. The smallest absolute Gasteiger partial charge is 0.223 e. The van der Waals surface area contributed by atoms with E-state index in [1.807, 2.05) is 24.3 Å². The van der Waals surface area contributed by atoms with Crippen molar-refractivity contribution in [2.75, 3.05) is 18.1 Å². The molecule has 4 rings (SSSR count). The van der Waals surface area contributed by atoms with E-state index in [0.717, 1.165) is 11.3 Å². The number of rotatable bonds is 5. The fourth-order valence-electron chi connectivity index (χ4n) is 4.40. The van der Waals surface area contributed by atoms with Crippen molar-refractivity contribution in [3.63, 3.8) is 0 Å². The third-order valence-electron chi connectivity index (χ3n) is 5.88. The van der Waals surface area contributed by atoms with Gasteiger partial charge in [-0.1, -0.05) is 62.9 Å². The van der Waals surface area contributed by atoms with Crippen LogP contribution in [0.3, 0.4) is 0 Å². The molecule has 0 saturated carbocycles. The molecule has 144 valence electrons. The van der Waals surface area contributed by atoms with E-state index in [2.05, 4.69) is 67.1 Å². The summed E-state index contributed by atoms with van der Waals surface area (Å²) in [4.78, 5) is 14.8. The third kappa shape index (κ3) is 2.80. The van der Waals surface area contributed by atoms with Crippen molar-refractivity contribution >= 4 is 17.7 Å². The highest BCUT2D eigenvalue weighted by molar-refractivity contribution is 5.84. The second-order valence-electron chi connectivity index (χ2n) is 7.86. The lowest BCUT2D eigenvalue weighted by Crippen LogP contribution is -2.68. The van der Waals surface area contributed by atoms with Crippen LogP contribution in [0.2, 0.25) is 0 Å². The van der Waals surface area contributed by atoms with Gasteiger partial charge < -0.3 is 15.0 Å². The molecule has 2 aromatic carbocycles. The van der Waals surface area contributed by atoms with Crippen molar-refractivity contribution in [3.8, 4) is 5.75 Å². The van der Waals surface area contributed by atoms with E-state index < -0.39 is 5.66 Å². The minimum atomic E-state index is -0.593. The Bertz CT molecular complexity index is 947. The predicted molar refractivity (Wildman–Crippen MR) is 113 cm³/mol. The van der Waals surface area contributed by atoms with Gasteiger partial charge >= 0.3 is 0 Å². The number of benzene rings is 2. The van der Waals surface area contributed by atoms with Crippen LogP contribution in [0.15, 0.2) is 67.3 Å². The highest BCUT2D eigenvalue weighted by Crippen LogP contribution is 2.52. The molecule has 0 radical (unpaired) electrons. The average Bonchev–Trinajstić information content (AvgIpc) is 2.89. The van der Waals surface area contributed by atoms with Gasteiger partial charge in [0, 0.05) is 24.1 Å². The molecule has 4 nitrogen and oxygen atoms in total. The quantitative estimate of drug-likeness (QED) is 0.795. The Kier molecular flexibility index (Phi) is 4.50. The van der Waals surface area contributed by atoms with E-state index in [4.69, 9.17) is 4.74 Å². The van der Waals surface area contributed by atoms with Crippen LogP contribution in [-0.4, -0.2) is 24.7 Å². The fraction of sp³-hybridized carbons (Fsp3) is 0.292. The van der Waals surface area contributed by atoms with Crippen molar-refractivity contribution in [1.29, 1.82) is 0 Å². The zero-order valence-corrected chi connectivity index (χ0v) is 16.4. The first-order chi connectivity index (χ1) is 13.5. The standard InChI is InChI=1S/C24H26N2O2/c1-4-16-28-19-9-7-8-18(17-19)12-14-24-23(2,3)20-10-5-6-11-21(20)26(24)15-13-22(27)25-24/h4-12,14,17H,1,13,15-16H2,2-3H3,(H,25,27). The summed E-state index contributed by atoms with van der Waals surface area (Å²) in [7, 11) is 0. The molecule has 1 fully saturated rings. The number of carbonyl (C=O) groups excluding carboxylic acids is 1. The maximum atomic E-state index is 12.4. The van der Waals surface area contributed by atoms with Crippen LogP contribution in [0.25, 0.3) is 6.08 Å². The van der Waals surface area contributed by atoms with Gasteiger partial charge in [0.2, 0.25) is 5.91 Å². The summed E-state index contributed by atoms with van der Waals surface area (Å²) in [5.74, 6) is 0.892. The molecule has 2 aliphatic rings. The molecule has 0 aromatic heterocycles. The number of nitrogens with zero attached hydrogens (tertiary/aromatic N) is 1. The lowest BCUT2D eigenvalue weighted by molar-refractivity contribution is -0.124. The minimum Gasteiger partial charge on any atom is -0.490 e. The second kappa shape index (κ2) is 6.86. The number of ether oxygens (including phenoxy) is 1. The minimum absolute atomic E-state index is 0.0878. The number of amides is 1. The number of nitrogens with one attached hydrogen (secondary N) is 1. The van der Waals surface area contributed by atoms with Gasteiger partial charge in [-0.3, -0.25) is 4.79 Å². The van der Waals surface area contributed by atoms with Crippen LogP contribution in [0.4, 0.5) is 5.69 Å². The first-order valence-corrected chi connectivity index (χ1v) is 9.69. The summed E-state index contributed by atoms with van der Waals surface area (Å²) in [6.45, 7) is 9.27. The summed E-state index contributed by atoms with van der Waals surface area (Å²) < 4.78 is 5.65. The average molecular weight is 374 g/mol. The lowest BCUT2D eigenvalue weighted by Gasteiger charge is -2.49. The van der Waals surface area contributed by atoms with Crippen LogP contribution < -0.4 is 15.0 Å². The molecule has 0 spiro atoms. The monoisotopic (exact) mass is 374 g/mol. The normalized spacial score (nSPS) is 22.5. The molecule has 4 heteroatoms. The molecule has 1 saturated heterocycles. The van der Waals surface area contributed by atoms with E-state index >= 15 is 0 Å². The van der Waals surface area contributed by atoms with Gasteiger partial charge in [0.25, 0.3) is 0 Å². The Morgan fingerprint density at radius 2 is 2.04 bits per heavy atom. The zero-order valence-electron chi connectivity index (χ0n) is 16.4. The van der Waals surface area contributed by atoms with E-state index in [1.54, 1.807) is 6.08 Å². The number of anilines is 1. The zero-order chi connectivity index (χ0) is 19.8. The third-order valence-corrected chi connectivity index (χ3v) is 5.88. The Balaban J connectivity index is 1.74. The lowest BCUT2D eigenvalue weighted by atomic mass is 9.74. The maximum Gasteiger partial charge on any atom is 0.223 e. The van der Waals surface area contributed by atoms with Crippen LogP contribution in [-0.2, 0) is 10.2 Å². The molecule has 2 aromatic rings. The molecule has 0 bridgehead atoms. The number of para-hydroxylation sites is 1. The highest BCUT2D eigenvalue weighted by atomic mass is 16.5. The molecular weight excluding hydrogens is 348 g/mol. The van der Waals surface area contributed by atoms with Crippen LogP contribution in [0.1, 0.15) is 31.4 Å². The number of hydrogen-bond acceptors (Lipinski definition) is 3. The Morgan fingerprint density at radius 3 is 2.86 bits per heavy atom. The topological polar surface area (TPSA) is 41.6 Å². The van der Waals surface area contributed by atoms with Crippen LogP contribution in [0, 0.1) is 0 Å². The van der Waals surface area contributed by atoms with Gasteiger partial charge in [-0.05, 0) is 35.4 Å². The summed E-state index contributed by atoms with van der Waals surface area (Å²) >= 11 is 0. The summed E-state index contributed by atoms with van der Waals surface area (Å²) in [6, 6.07) is 16.4. The van der Waals surface area contributed by atoms with Gasteiger partial charge in [0.15, 0.2) is 0 Å². The molecule has 1 atom stereocenters.